The molecule has 1 atom stereocenters. The molecular weight excluding hydrogens is 370 g/mol. The maximum absolute atomic E-state index is 12.9. The predicted molar refractivity (Wildman–Crippen MR) is 112 cm³/mol. The smallest absolute Gasteiger partial charge is 0.225 e. The van der Waals surface area contributed by atoms with Crippen molar-refractivity contribution < 1.29 is 4.79 Å². The first-order valence-corrected chi connectivity index (χ1v) is 11.4. The molecule has 150 valence electrons. The van der Waals surface area contributed by atoms with Crippen LogP contribution in [0.25, 0.3) is 0 Å². The minimum Gasteiger partial charge on any atom is -0.342 e. The summed E-state index contributed by atoms with van der Waals surface area (Å²) in [6.07, 6.45) is 8.85. The molecule has 0 unspecified atom stereocenters. The van der Waals surface area contributed by atoms with Gasteiger partial charge in [0.2, 0.25) is 11.0 Å². The number of piperidine rings is 1. The minimum absolute atomic E-state index is 0.249. The van der Waals surface area contributed by atoms with Crippen molar-refractivity contribution in [1.29, 1.82) is 0 Å². The number of carbonyl (C=O) groups is 1. The second kappa shape index (κ2) is 8.99. The normalized spacial score (nSPS) is 20.9. The molecule has 1 N–H and O–H groups in total. The van der Waals surface area contributed by atoms with Gasteiger partial charge in [0.1, 0.15) is 10.8 Å². The molecular formula is C21H29N5OS. The van der Waals surface area contributed by atoms with Crippen molar-refractivity contribution in [2.75, 3.05) is 18.4 Å². The van der Waals surface area contributed by atoms with E-state index in [0.29, 0.717) is 11.8 Å². The zero-order valence-corrected chi connectivity index (χ0v) is 17.4. The van der Waals surface area contributed by atoms with Gasteiger partial charge < -0.3 is 10.2 Å². The third kappa shape index (κ3) is 4.51. The monoisotopic (exact) mass is 399 g/mol. The molecule has 28 heavy (non-hydrogen) atoms. The maximum atomic E-state index is 12.9. The number of likely N-dealkylation sites (tertiary alicyclic amines) is 1. The zero-order valence-electron chi connectivity index (χ0n) is 16.6. The molecule has 1 aliphatic heterocycles. The van der Waals surface area contributed by atoms with Crippen LogP contribution in [-0.2, 0) is 11.2 Å². The van der Waals surface area contributed by atoms with E-state index in [1.54, 1.807) is 11.3 Å². The van der Waals surface area contributed by atoms with Crippen molar-refractivity contribution in [3.63, 3.8) is 0 Å². The summed E-state index contributed by atoms with van der Waals surface area (Å²) in [5, 5.41) is 13.4. The van der Waals surface area contributed by atoms with Crippen LogP contribution in [0.5, 0.6) is 0 Å². The number of hydrogen-bond donors (Lipinski definition) is 1. The molecule has 2 aromatic rings. The lowest BCUT2D eigenvalue weighted by Crippen LogP contribution is -2.43. The first kappa shape index (κ1) is 19.3. The van der Waals surface area contributed by atoms with Gasteiger partial charge in [0, 0.05) is 30.6 Å². The number of nitrogens with one attached hydrogen (secondary N) is 1. The Morgan fingerprint density at radius 1 is 1.18 bits per heavy atom. The summed E-state index contributed by atoms with van der Waals surface area (Å²) in [6, 6.07) is 6.08. The van der Waals surface area contributed by atoms with E-state index in [0.717, 1.165) is 66.8 Å². The summed E-state index contributed by atoms with van der Waals surface area (Å²) in [7, 11) is 0. The van der Waals surface area contributed by atoms with Gasteiger partial charge >= 0.3 is 0 Å². The molecule has 7 heteroatoms. The fourth-order valence-corrected chi connectivity index (χ4v) is 5.02. The van der Waals surface area contributed by atoms with Crippen molar-refractivity contribution >= 4 is 28.2 Å². The van der Waals surface area contributed by atoms with Crippen molar-refractivity contribution in [1.82, 2.24) is 20.1 Å². The van der Waals surface area contributed by atoms with Crippen LogP contribution in [0.2, 0.25) is 0 Å². The van der Waals surface area contributed by atoms with Gasteiger partial charge in [-0.15, -0.1) is 10.2 Å². The molecule has 0 bridgehead atoms. The largest absolute Gasteiger partial charge is 0.342 e. The number of amides is 1. The van der Waals surface area contributed by atoms with Crippen molar-refractivity contribution in [2.45, 2.75) is 64.2 Å². The second-order valence-electron chi connectivity index (χ2n) is 7.89. The Hall–Kier alpha value is -2.02. The summed E-state index contributed by atoms with van der Waals surface area (Å²) in [4.78, 5) is 19.9. The summed E-state index contributed by atoms with van der Waals surface area (Å²) in [6.45, 7) is 3.77. The molecule has 1 aliphatic carbocycles. The van der Waals surface area contributed by atoms with Crippen LogP contribution in [0, 0.1) is 5.92 Å². The molecule has 1 amide bonds. The SMILES string of the molecule is CCc1nnc(Nc2cccc([C@@H]3CCCN(C(=O)C4CCCCC4)C3)n2)s1. The van der Waals surface area contributed by atoms with Gasteiger partial charge in [-0.25, -0.2) is 4.98 Å². The summed E-state index contributed by atoms with van der Waals surface area (Å²) in [5.41, 5.74) is 1.06. The Labute approximate surface area is 170 Å². The number of pyridine rings is 1. The zero-order chi connectivity index (χ0) is 19.3. The molecule has 2 fully saturated rings. The Balaban J connectivity index is 1.42. The average Bonchev–Trinajstić information content (AvgIpc) is 3.21. The van der Waals surface area contributed by atoms with Crippen molar-refractivity contribution in [3.8, 4) is 0 Å². The highest BCUT2D eigenvalue weighted by molar-refractivity contribution is 7.15. The summed E-state index contributed by atoms with van der Waals surface area (Å²) >= 11 is 1.56. The first-order valence-electron chi connectivity index (χ1n) is 10.6. The van der Waals surface area contributed by atoms with Gasteiger partial charge in [-0.3, -0.25) is 4.79 Å². The van der Waals surface area contributed by atoms with E-state index in [1.807, 2.05) is 12.1 Å². The molecule has 6 nitrogen and oxygen atoms in total. The van der Waals surface area contributed by atoms with E-state index in [4.69, 9.17) is 4.98 Å². The standard InChI is InChI=1S/C21H29N5OS/c1-2-19-24-25-21(28-19)23-18-12-6-11-17(22-18)16-10-7-13-26(14-16)20(27)15-8-4-3-5-9-15/h6,11-12,15-16H,2-5,7-10,13-14H2,1H3,(H,22,23,25)/t16-/m1/s1. The van der Waals surface area contributed by atoms with Gasteiger partial charge in [0.15, 0.2) is 0 Å². The lowest BCUT2D eigenvalue weighted by molar-refractivity contribution is -0.137. The van der Waals surface area contributed by atoms with E-state index in [9.17, 15) is 4.79 Å². The first-order chi connectivity index (χ1) is 13.7. The fourth-order valence-electron chi connectivity index (χ4n) is 4.33. The summed E-state index contributed by atoms with van der Waals surface area (Å²) in [5.74, 6) is 1.73. The second-order valence-corrected chi connectivity index (χ2v) is 8.95. The van der Waals surface area contributed by atoms with Gasteiger partial charge in [-0.05, 0) is 44.2 Å². The number of anilines is 2. The van der Waals surface area contributed by atoms with Crippen molar-refractivity contribution in [3.05, 3.63) is 28.9 Å². The minimum atomic E-state index is 0.249. The van der Waals surface area contributed by atoms with Crippen LogP contribution in [0.3, 0.4) is 0 Å². The Morgan fingerprint density at radius 2 is 2.04 bits per heavy atom. The lowest BCUT2D eigenvalue weighted by atomic mass is 9.86. The van der Waals surface area contributed by atoms with Crippen LogP contribution >= 0.6 is 11.3 Å². The molecule has 2 aliphatic rings. The molecule has 4 rings (SSSR count). The third-order valence-corrected chi connectivity index (χ3v) is 6.86. The fraction of sp³-hybridized carbons (Fsp3) is 0.619. The molecule has 0 spiro atoms. The summed E-state index contributed by atoms with van der Waals surface area (Å²) < 4.78 is 0. The van der Waals surface area contributed by atoms with Crippen LogP contribution < -0.4 is 5.32 Å². The van der Waals surface area contributed by atoms with Gasteiger partial charge in [-0.1, -0.05) is 43.6 Å². The van der Waals surface area contributed by atoms with E-state index < -0.39 is 0 Å². The predicted octanol–water partition coefficient (Wildman–Crippen LogP) is 4.53. The maximum Gasteiger partial charge on any atom is 0.225 e. The van der Waals surface area contributed by atoms with E-state index in [2.05, 4.69) is 33.4 Å². The van der Waals surface area contributed by atoms with Crippen LogP contribution in [0.1, 0.15) is 68.5 Å². The number of aryl methyl sites for hydroxylation is 1. The lowest BCUT2D eigenvalue weighted by Gasteiger charge is -2.35. The Bertz CT molecular complexity index is 802. The van der Waals surface area contributed by atoms with Crippen molar-refractivity contribution in [2.24, 2.45) is 5.92 Å². The quantitative estimate of drug-likeness (QED) is 0.800. The Morgan fingerprint density at radius 3 is 2.82 bits per heavy atom. The molecule has 2 aromatic heterocycles. The average molecular weight is 400 g/mol. The van der Waals surface area contributed by atoms with Crippen LogP contribution in [0.4, 0.5) is 10.9 Å². The number of nitrogens with zero attached hydrogens (tertiary/aromatic N) is 4. The molecule has 0 radical (unpaired) electrons. The van der Waals surface area contributed by atoms with Crippen LogP contribution in [0.15, 0.2) is 18.2 Å². The molecule has 3 heterocycles. The molecule has 1 saturated carbocycles. The molecule has 1 saturated heterocycles. The Kier molecular flexibility index (Phi) is 6.20. The number of rotatable bonds is 5. The third-order valence-electron chi connectivity index (χ3n) is 5.88. The van der Waals surface area contributed by atoms with E-state index in [-0.39, 0.29) is 5.92 Å². The van der Waals surface area contributed by atoms with Gasteiger partial charge in [-0.2, -0.15) is 0 Å². The number of aromatic nitrogens is 3. The highest BCUT2D eigenvalue weighted by atomic mass is 32.1. The van der Waals surface area contributed by atoms with E-state index >= 15 is 0 Å². The van der Waals surface area contributed by atoms with Gasteiger partial charge in [0.05, 0.1) is 0 Å². The highest BCUT2D eigenvalue weighted by Crippen LogP contribution is 2.31. The van der Waals surface area contributed by atoms with E-state index in [1.165, 1.54) is 19.3 Å². The number of carbonyl (C=O) groups excluding carboxylic acids is 1. The number of hydrogen-bond acceptors (Lipinski definition) is 6. The van der Waals surface area contributed by atoms with Gasteiger partial charge in [0.25, 0.3) is 0 Å². The highest BCUT2D eigenvalue weighted by Gasteiger charge is 2.30. The topological polar surface area (TPSA) is 71.0 Å². The molecule has 0 aromatic carbocycles. The van der Waals surface area contributed by atoms with Crippen LogP contribution in [-0.4, -0.2) is 39.1 Å².